The maximum Gasteiger partial charge on any atom is 0.239 e. The summed E-state index contributed by atoms with van der Waals surface area (Å²) in [5.41, 5.74) is 6.02. The second kappa shape index (κ2) is 5.88. The van der Waals surface area contributed by atoms with Crippen molar-refractivity contribution in [1.29, 1.82) is 0 Å². The largest absolute Gasteiger partial charge is 0.493 e. The van der Waals surface area contributed by atoms with Crippen LogP contribution in [0.15, 0.2) is 16.6 Å². The maximum atomic E-state index is 11.3. The number of rotatable bonds is 5. The molecular formula is C11H15BrN2O3. The Morgan fingerprint density at radius 1 is 1.35 bits per heavy atom. The highest BCUT2D eigenvalue weighted by Crippen LogP contribution is 2.35. The van der Waals surface area contributed by atoms with E-state index in [1.165, 1.54) is 7.11 Å². The molecule has 1 unspecified atom stereocenters. The fourth-order valence-electron chi connectivity index (χ4n) is 1.54. The molecule has 0 aliphatic rings. The van der Waals surface area contributed by atoms with E-state index in [9.17, 15) is 4.79 Å². The molecule has 1 aromatic carbocycles. The molecule has 0 aromatic heterocycles. The van der Waals surface area contributed by atoms with Gasteiger partial charge in [0, 0.05) is 4.47 Å². The van der Waals surface area contributed by atoms with E-state index in [2.05, 4.69) is 21.2 Å². The summed E-state index contributed by atoms with van der Waals surface area (Å²) in [4.78, 5) is 11.3. The van der Waals surface area contributed by atoms with Gasteiger partial charge in [-0.05, 0) is 24.7 Å². The number of hydrogen-bond acceptors (Lipinski definition) is 4. The van der Waals surface area contributed by atoms with Gasteiger partial charge in [-0.1, -0.05) is 15.9 Å². The van der Waals surface area contributed by atoms with Crippen molar-refractivity contribution in [3.63, 3.8) is 0 Å². The lowest BCUT2D eigenvalue weighted by molar-refractivity contribution is -0.120. The van der Waals surface area contributed by atoms with Gasteiger partial charge in [-0.2, -0.15) is 0 Å². The van der Waals surface area contributed by atoms with Gasteiger partial charge in [0.25, 0.3) is 0 Å². The van der Waals surface area contributed by atoms with Crippen molar-refractivity contribution in [2.75, 3.05) is 21.3 Å². The molecule has 0 spiro atoms. The maximum absolute atomic E-state index is 11.3. The summed E-state index contributed by atoms with van der Waals surface area (Å²) in [5.74, 6) is 0.676. The van der Waals surface area contributed by atoms with Crippen molar-refractivity contribution in [3.8, 4) is 11.5 Å². The number of nitrogens with two attached hydrogens (primary N) is 1. The van der Waals surface area contributed by atoms with Crippen LogP contribution in [0.4, 0.5) is 0 Å². The first-order valence-corrected chi connectivity index (χ1v) is 5.72. The van der Waals surface area contributed by atoms with Gasteiger partial charge in [0.05, 0.1) is 14.2 Å². The Hall–Kier alpha value is -1.27. The molecule has 1 amide bonds. The van der Waals surface area contributed by atoms with Gasteiger partial charge in [-0.25, -0.2) is 0 Å². The Balaban J connectivity index is 3.29. The molecule has 0 aliphatic heterocycles. The lowest BCUT2D eigenvalue weighted by Gasteiger charge is -2.17. The molecule has 5 nitrogen and oxygen atoms in total. The summed E-state index contributed by atoms with van der Waals surface area (Å²) in [6, 6.07) is 2.88. The van der Waals surface area contributed by atoms with Crippen LogP contribution >= 0.6 is 15.9 Å². The van der Waals surface area contributed by atoms with Crippen LogP contribution in [-0.4, -0.2) is 27.2 Å². The number of ether oxygens (including phenoxy) is 2. The van der Waals surface area contributed by atoms with Gasteiger partial charge in [0.2, 0.25) is 5.91 Å². The monoisotopic (exact) mass is 302 g/mol. The van der Waals surface area contributed by atoms with Gasteiger partial charge in [0.1, 0.15) is 6.04 Å². The van der Waals surface area contributed by atoms with Crippen LogP contribution in [0.2, 0.25) is 0 Å². The Labute approximate surface area is 108 Å². The zero-order valence-electron chi connectivity index (χ0n) is 9.91. The number of likely N-dealkylation sites (N-methyl/N-ethyl adjacent to an activating group) is 1. The van der Waals surface area contributed by atoms with Crippen molar-refractivity contribution in [2.45, 2.75) is 6.04 Å². The van der Waals surface area contributed by atoms with Crippen molar-refractivity contribution in [1.82, 2.24) is 5.32 Å². The van der Waals surface area contributed by atoms with Crippen LogP contribution in [-0.2, 0) is 4.79 Å². The third-order valence-electron chi connectivity index (χ3n) is 2.39. The van der Waals surface area contributed by atoms with Gasteiger partial charge < -0.3 is 20.5 Å². The van der Waals surface area contributed by atoms with Crippen molar-refractivity contribution >= 4 is 21.8 Å². The van der Waals surface area contributed by atoms with Crippen molar-refractivity contribution in [3.05, 3.63) is 22.2 Å². The van der Waals surface area contributed by atoms with Gasteiger partial charge in [-0.3, -0.25) is 4.79 Å². The first-order valence-electron chi connectivity index (χ1n) is 4.93. The molecule has 0 saturated heterocycles. The third kappa shape index (κ3) is 2.89. The number of carbonyl (C=O) groups is 1. The zero-order chi connectivity index (χ0) is 13.0. The molecule has 0 aliphatic carbocycles. The smallest absolute Gasteiger partial charge is 0.239 e. The third-order valence-corrected chi connectivity index (χ3v) is 3.07. The molecule has 0 saturated carbocycles. The number of methoxy groups -OCH3 is 2. The number of nitrogens with one attached hydrogen (secondary N) is 1. The van der Waals surface area contributed by atoms with E-state index in [0.29, 0.717) is 17.1 Å². The predicted molar refractivity (Wildman–Crippen MR) is 68.2 cm³/mol. The summed E-state index contributed by atoms with van der Waals surface area (Å²) in [5, 5.41) is 2.85. The van der Waals surface area contributed by atoms with Crippen molar-refractivity contribution < 1.29 is 14.3 Å². The standard InChI is InChI=1S/C11H15BrN2O3/c1-14-10(11(13)15)6-4-8(16-2)9(17-3)5-7(6)12/h4-5,10,14H,1-3H3,(H2,13,15). The summed E-state index contributed by atoms with van der Waals surface area (Å²) >= 11 is 3.38. The van der Waals surface area contributed by atoms with Gasteiger partial charge >= 0.3 is 0 Å². The molecule has 0 fully saturated rings. The van der Waals surface area contributed by atoms with Crippen molar-refractivity contribution in [2.24, 2.45) is 5.73 Å². The lowest BCUT2D eigenvalue weighted by atomic mass is 10.1. The Morgan fingerprint density at radius 3 is 2.29 bits per heavy atom. The molecule has 0 heterocycles. The minimum Gasteiger partial charge on any atom is -0.493 e. The fraction of sp³-hybridized carbons (Fsp3) is 0.364. The number of carbonyl (C=O) groups excluding carboxylic acids is 1. The molecule has 1 rings (SSSR count). The summed E-state index contributed by atoms with van der Waals surface area (Å²) in [7, 11) is 4.75. The number of hydrogen-bond donors (Lipinski definition) is 2. The first-order chi connectivity index (χ1) is 8.04. The molecule has 1 aromatic rings. The topological polar surface area (TPSA) is 73.6 Å². The van der Waals surface area contributed by atoms with E-state index in [1.54, 1.807) is 26.3 Å². The van der Waals surface area contributed by atoms with Crippen LogP contribution in [0.5, 0.6) is 11.5 Å². The molecular weight excluding hydrogens is 288 g/mol. The van der Waals surface area contributed by atoms with Crippen LogP contribution in [0.25, 0.3) is 0 Å². The number of halogens is 1. The van der Waals surface area contributed by atoms with E-state index in [4.69, 9.17) is 15.2 Å². The number of amides is 1. The summed E-state index contributed by atoms with van der Waals surface area (Å²) in [6.07, 6.45) is 0. The molecule has 17 heavy (non-hydrogen) atoms. The normalized spacial score (nSPS) is 12.0. The first kappa shape index (κ1) is 13.8. The van der Waals surface area contributed by atoms with Crippen LogP contribution < -0.4 is 20.5 Å². The highest BCUT2D eigenvalue weighted by atomic mass is 79.9. The van der Waals surface area contributed by atoms with E-state index in [0.717, 1.165) is 4.47 Å². The average molecular weight is 303 g/mol. The van der Waals surface area contributed by atoms with E-state index >= 15 is 0 Å². The SMILES string of the molecule is CNC(C(N)=O)c1cc(OC)c(OC)cc1Br. The van der Waals surface area contributed by atoms with E-state index < -0.39 is 11.9 Å². The minimum absolute atomic E-state index is 0.458. The van der Waals surface area contributed by atoms with Gasteiger partial charge in [-0.15, -0.1) is 0 Å². The molecule has 0 bridgehead atoms. The molecule has 3 N–H and O–H groups in total. The number of benzene rings is 1. The molecule has 6 heteroatoms. The highest BCUT2D eigenvalue weighted by molar-refractivity contribution is 9.10. The quantitative estimate of drug-likeness (QED) is 0.857. The fourth-order valence-corrected chi connectivity index (χ4v) is 2.09. The Morgan fingerprint density at radius 2 is 1.88 bits per heavy atom. The summed E-state index contributed by atoms with van der Waals surface area (Å²) in [6.45, 7) is 0. The van der Waals surface area contributed by atoms with E-state index in [1.807, 2.05) is 0 Å². The van der Waals surface area contributed by atoms with E-state index in [-0.39, 0.29) is 0 Å². The molecule has 94 valence electrons. The van der Waals surface area contributed by atoms with Crippen LogP contribution in [0, 0.1) is 0 Å². The lowest BCUT2D eigenvalue weighted by Crippen LogP contribution is -2.31. The van der Waals surface area contributed by atoms with Crippen LogP contribution in [0.1, 0.15) is 11.6 Å². The second-order valence-electron chi connectivity index (χ2n) is 3.35. The molecule has 0 radical (unpaired) electrons. The Bertz CT molecular complexity index is 423. The van der Waals surface area contributed by atoms with Crippen LogP contribution in [0.3, 0.4) is 0 Å². The average Bonchev–Trinajstić information content (AvgIpc) is 2.31. The predicted octanol–water partition coefficient (Wildman–Crippen LogP) is 1.21. The highest BCUT2D eigenvalue weighted by Gasteiger charge is 2.20. The number of primary amides is 1. The Kier molecular flexibility index (Phi) is 4.77. The molecule has 1 atom stereocenters. The zero-order valence-corrected chi connectivity index (χ0v) is 11.5. The van der Waals surface area contributed by atoms with Gasteiger partial charge in [0.15, 0.2) is 11.5 Å². The second-order valence-corrected chi connectivity index (χ2v) is 4.21. The summed E-state index contributed by atoms with van der Waals surface area (Å²) < 4.78 is 11.1. The minimum atomic E-state index is -0.579.